The van der Waals surface area contributed by atoms with Crippen LogP contribution in [0.1, 0.15) is 12.8 Å². The Labute approximate surface area is 98.0 Å². The highest BCUT2D eigenvalue weighted by molar-refractivity contribution is 5.02. The van der Waals surface area contributed by atoms with Crippen LogP contribution >= 0.6 is 0 Å². The number of rotatable bonds is 2. The molecule has 1 atom stereocenters. The highest BCUT2D eigenvalue weighted by Gasteiger charge is 2.18. The first-order valence-electron chi connectivity index (χ1n) is 5.61. The average Bonchev–Trinajstić information content (AvgIpc) is 2.35. The van der Waals surface area contributed by atoms with E-state index in [4.69, 9.17) is 4.74 Å². The Balaban J connectivity index is 2.27. The minimum atomic E-state index is -0.487. The molecule has 2 heterocycles. The lowest BCUT2D eigenvalue weighted by molar-refractivity contribution is 0.152. The van der Waals surface area contributed by atoms with Crippen LogP contribution in [0, 0.1) is 0 Å². The summed E-state index contributed by atoms with van der Waals surface area (Å²) < 4.78 is 7.64. The van der Waals surface area contributed by atoms with Crippen molar-refractivity contribution >= 4 is 0 Å². The number of aromatic nitrogens is 3. The lowest BCUT2D eigenvalue weighted by Gasteiger charge is -2.23. The highest BCUT2D eigenvalue weighted by Crippen LogP contribution is 2.07. The van der Waals surface area contributed by atoms with Gasteiger partial charge in [0.05, 0.1) is 0 Å². The van der Waals surface area contributed by atoms with Crippen molar-refractivity contribution < 1.29 is 4.74 Å². The fourth-order valence-electron chi connectivity index (χ4n) is 1.82. The molecule has 7 heteroatoms. The molecule has 0 spiro atoms. The number of hydrogen-bond acceptors (Lipinski definition) is 5. The molecule has 1 unspecified atom stereocenters. The summed E-state index contributed by atoms with van der Waals surface area (Å²) in [5.74, 6) is -0.0108. The predicted octanol–water partition coefficient (Wildman–Crippen LogP) is -1.39. The van der Waals surface area contributed by atoms with Gasteiger partial charge in [0.1, 0.15) is 6.10 Å². The topological polar surface area (TPSA) is 78.2 Å². The molecule has 1 aromatic rings. The quantitative estimate of drug-likeness (QED) is 0.688. The summed E-state index contributed by atoms with van der Waals surface area (Å²) in [5.41, 5.74) is -0.942. The molecule has 0 radical (unpaired) electrons. The van der Waals surface area contributed by atoms with Crippen molar-refractivity contribution in [3.8, 4) is 5.88 Å². The van der Waals surface area contributed by atoms with Gasteiger partial charge in [-0.2, -0.15) is 0 Å². The lowest BCUT2D eigenvalue weighted by Crippen LogP contribution is -2.42. The second-order valence-electron chi connectivity index (χ2n) is 4.16. The Bertz CT molecular complexity index is 513. The van der Waals surface area contributed by atoms with E-state index in [1.165, 1.54) is 14.1 Å². The Morgan fingerprint density at radius 1 is 1.41 bits per heavy atom. The summed E-state index contributed by atoms with van der Waals surface area (Å²) in [4.78, 5) is 23.2. The number of piperidine rings is 1. The van der Waals surface area contributed by atoms with E-state index in [0.717, 1.165) is 28.6 Å². The molecule has 1 fully saturated rings. The SMILES string of the molecule is Cn1nc(OC2CCCNC2)c(=O)n(C)c1=O. The average molecular weight is 240 g/mol. The first-order valence-corrected chi connectivity index (χ1v) is 5.61. The Morgan fingerprint density at radius 2 is 2.18 bits per heavy atom. The molecule has 0 amide bonds. The molecule has 2 rings (SSSR count). The maximum Gasteiger partial charge on any atom is 0.347 e. The normalized spacial score (nSPS) is 20.2. The van der Waals surface area contributed by atoms with E-state index in [-0.39, 0.29) is 12.0 Å². The van der Waals surface area contributed by atoms with Gasteiger partial charge >= 0.3 is 11.2 Å². The van der Waals surface area contributed by atoms with Crippen molar-refractivity contribution in [3.63, 3.8) is 0 Å². The van der Waals surface area contributed by atoms with Crippen molar-refractivity contribution in [2.75, 3.05) is 13.1 Å². The molecule has 0 saturated carbocycles. The van der Waals surface area contributed by atoms with Crippen LogP contribution in [0.4, 0.5) is 0 Å². The van der Waals surface area contributed by atoms with Crippen LogP contribution in [-0.4, -0.2) is 33.5 Å². The molecule has 17 heavy (non-hydrogen) atoms. The van der Waals surface area contributed by atoms with Gasteiger partial charge in [-0.1, -0.05) is 0 Å². The van der Waals surface area contributed by atoms with E-state index >= 15 is 0 Å². The summed E-state index contributed by atoms with van der Waals surface area (Å²) in [6, 6.07) is 0. The third kappa shape index (κ3) is 2.38. The van der Waals surface area contributed by atoms with Gasteiger partial charge < -0.3 is 10.1 Å². The predicted molar refractivity (Wildman–Crippen MR) is 61.2 cm³/mol. The van der Waals surface area contributed by atoms with Gasteiger partial charge in [0.15, 0.2) is 0 Å². The van der Waals surface area contributed by atoms with Crippen LogP contribution < -0.4 is 21.3 Å². The summed E-state index contributed by atoms with van der Waals surface area (Å²) in [6.45, 7) is 1.67. The molecule has 94 valence electrons. The first-order chi connectivity index (χ1) is 8.09. The van der Waals surface area contributed by atoms with Crippen LogP contribution in [0.15, 0.2) is 9.59 Å². The Hall–Kier alpha value is -1.63. The summed E-state index contributed by atoms with van der Waals surface area (Å²) in [5, 5.41) is 7.03. The minimum Gasteiger partial charge on any atom is -0.468 e. The lowest BCUT2D eigenvalue weighted by atomic mass is 10.1. The minimum absolute atomic E-state index is 0.0108. The molecule has 1 aliphatic heterocycles. The van der Waals surface area contributed by atoms with Crippen molar-refractivity contribution in [1.82, 2.24) is 19.7 Å². The summed E-state index contributed by atoms with van der Waals surface area (Å²) in [7, 11) is 2.91. The fraction of sp³-hybridized carbons (Fsp3) is 0.700. The van der Waals surface area contributed by atoms with Crippen LogP contribution in [0.2, 0.25) is 0 Å². The highest BCUT2D eigenvalue weighted by atomic mass is 16.5. The summed E-state index contributed by atoms with van der Waals surface area (Å²) >= 11 is 0. The number of nitrogens with zero attached hydrogens (tertiary/aromatic N) is 3. The van der Waals surface area contributed by atoms with Gasteiger partial charge in [-0.15, -0.1) is 5.10 Å². The van der Waals surface area contributed by atoms with Gasteiger partial charge in [0.25, 0.3) is 5.88 Å². The van der Waals surface area contributed by atoms with Gasteiger partial charge in [-0.05, 0) is 19.4 Å². The molecule has 0 aliphatic carbocycles. The van der Waals surface area contributed by atoms with Gasteiger partial charge in [0.2, 0.25) is 0 Å². The number of hydrogen-bond donors (Lipinski definition) is 1. The molecule has 1 N–H and O–H groups in total. The Kier molecular flexibility index (Phi) is 3.28. The van der Waals surface area contributed by atoms with Crippen LogP contribution in [0.5, 0.6) is 5.88 Å². The van der Waals surface area contributed by atoms with Crippen LogP contribution in [0.3, 0.4) is 0 Å². The molecule has 0 aromatic carbocycles. The zero-order valence-electron chi connectivity index (χ0n) is 9.97. The molecule has 1 aromatic heterocycles. The van der Waals surface area contributed by atoms with Crippen LogP contribution in [0.25, 0.3) is 0 Å². The maximum atomic E-state index is 11.8. The number of nitrogens with one attached hydrogen (secondary N) is 1. The second kappa shape index (κ2) is 4.70. The summed E-state index contributed by atoms with van der Waals surface area (Å²) in [6.07, 6.45) is 1.85. The van der Waals surface area contributed by atoms with Crippen molar-refractivity contribution in [3.05, 3.63) is 20.8 Å². The van der Waals surface area contributed by atoms with Gasteiger partial charge in [-0.3, -0.25) is 9.36 Å². The van der Waals surface area contributed by atoms with E-state index < -0.39 is 11.2 Å². The van der Waals surface area contributed by atoms with Gasteiger partial charge in [0, 0.05) is 20.6 Å². The number of aryl methyl sites for hydroxylation is 1. The van der Waals surface area contributed by atoms with E-state index in [1.807, 2.05) is 0 Å². The zero-order chi connectivity index (χ0) is 12.4. The second-order valence-corrected chi connectivity index (χ2v) is 4.16. The van der Waals surface area contributed by atoms with Gasteiger partial charge in [-0.25, -0.2) is 9.48 Å². The third-order valence-electron chi connectivity index (χ3n) is 2.82. The monoisotopic (exact) mass is 240 g/mol. The van der Waals surface area contributed by atoms with E-state index in [2.05, 4.69) is 10.4 Å². The zero-order valence-corrected chi connectivity index (χ0v) is 9.97. The van der Waals surface area contributed by atoms with Crippen molar-refractivity contribution in [1.29, 1.82) is 0 Å². The van der Waals surface area contributed by atoms with Crippen LogP contribution in [-0.2, 0) is 14.1 Å². The largest absolute Gasteiger partial charge is 0.468 e. The molecule has 7 nitrogen and oxygen atoms in total. The third-order valence-corrected chi connectivity index (χ3v) is 2.82. The standard InChI is InChI=1S/C10H16N4O3/c1-13-9(15)8(12-14(2)10(13)16)17-7-4-3-5-11-6-7/h7,11H,3-6H2,1-2H3. The van der Waals surface area contributed by atoms with Crippen molar-refractivity contribution in [2.45, 2.75) is 18.9 Å². The first kappa shape index (κ1) is 11.8. The fourth-order valence-corrected chi connectivity index (χ4v) is 1.82. The molecule has 0 bridgehead atoms. The Morgan fingerprint density at radius 3 is 2.82 bits per heavy atom. The van der Waals surface area contributed by atoms with E-state index in [1.54, 1.807) is 0 Å². The molecule has 1 aliphatic rings. The molecular formula is C10H16N4O3. The smallest absolute Gasteiger partial charge is 0.347 e. The number of ether oxygens (including phenoxy) is 1. The van der Waals surface area contributed by atoms with E-state index in [9.17, 15) is 9.59 Å². The molecular weight excluding hydrogens is 224 g/mol. The van der Waals surface area contributed by atoms with Crippen molar-refractivity contribution in [2.24, 2.45) is 14.1 Å². The molecule has 1 saturated heterocycles. The van der Waals surface area contributed by atoms with E-state index in [0.29, 0.717) is 6.54 Å². The maximum absolute atomic E-state index is 11.8.